The van der Waals surface area contributed by atoms with Crippen molar-refractivity contribution < 1.29 is 28.2 Å². The lowest BCUT2D eigenvalue weighted by molar-refractivity contribution is -0.267. The standard InChI is InChI=1S/C15H18F3NO3/c16-15(17,18)14(22,10-5-2-1-3-6-10)9-13(21)19-11-7-4-8-12(11)20/h1-3,5-6,11-12,20,22H,4,7-9H2,(H,19,21)/t11-,12-,14+/m1/s1. The molecule has 22 heavy (non-hydrogen) atoms. The summed E-state index contributed by atoms with van der Waals surface area (Å²) in [7, 11) is 0. The summed E-state index contributed by atoms with van der Waals surface area (Å²) in [6.07, 6.45) is -5.15. The van der Waals surface area contributed by atoms with Crippen LogP contribution in [0, 0.1) is 0 Å². The highest BCUT2D eigenvalue weighted by Crippen LogP contribution is 2.41. The molecule has 1 amide bonds. The second-order valence-corrected chi connectivity index (χ2v) is 5.57. The van der Waals surface area contributed by atoms with Gasteiger partial charge in [0.25, 0.3) is 0 Å². The minimum Gasteiger partial charge on any atom is -0.391 e. The van der Waals surface area contributed by atoms with Crippen LogP contribution in [-0.4, -0.2) is 34.4 Å². The van der Waals surface area contributed by atoms with Gasteiger partial charge < -0.3 is 15.5 Å². The number of alkyl halides is 3. The molecule has 0 aliphatic heterocycles. The number of amides is 1. The number of hydrogen-bond donors (Lipinski definition) is 3. The van der Waals surface area contributed by atoms with E-state index in [1.54, 1.807) is 0 Å². The fourth-order valence-corrected chi connectivity index (χ4v) is 2.68. The highest BCUT2D eigenvalue weighted by atomic mass is 19.4. The van der Waals surface area contributed by atoms with Crippen LogP contribution in [0.3, 0.4) is 0 Å². The van der Waals surface area contributed by atoms with E-state index in [1.165, 1.54) is 18.2 Å². The summed E-state index contributed by atoms with van der Waals surface area (Å²) in [6.45, 7) is 0. The van der Waals surface area contributed by atoms with Crippen LogP contribution in [0.15, 0.2) is 30.3 Å². The maximum Gasteiger partial charge on any atom is 0.421 e. The van der Waals surface area contributed by atoms with Gasteiger partial charge in [0.2, 0.25) is 5.91 Å². The van der Waals surface area contributed by atoms with E-state index in [0.29, 0.717) is 19.3 Å². The zero-order chi connectivity index (χ0) is 16.4. The van der Waals surface area contributed by atoms with E-state index in [9.17, 15) is 28.2 Å². The van der Waals surface area contributed by atoms with Crippen molar-refractivity contribution in [2.75, 3.05) is 0 Å². The van der Waals surface area contributed by atoms with E-state index >= 15 is 0 Å². The maximum absolute atomic E-state index is 13.3. The van der Waals surface area contributed by atoms with E-state index in [-0.39, 0.29) is 5.56 Å². The molecule has 0 spiro atoms. The number of aliphatic hydroxyl groups is 2. The van der Waals surface area contributed by atoms with Crippen LogP contribution >= 0.6 is 0 Å². The van der Waals surface area contributed by atoms with Crippen LogP contribution in [0.2, 0.25) is 0 Å². The fraction of sp³-hybridized carbons (Fsp3) is 0.533. The lowest BCUT2D eigenvalue weighted by Gasteiger charge is -2.31. The van der Waals surface area contributed by atoms with Crippen molar-refractivity contribution >= 4 is 5.91 Å². The first-order chi connectivity index (χ1) is 10.2. The van der Waals surface area contributed by atoms with Crippen LogP contribution < -0.4 is 5.32 Å². The molecule has 1 aliphatic carbocycles. The normalized spacial score (nSPS) is 24.8. The summed E-state index contributed by atoms with van der Waals surface area (Å²) in [6, 6.07) is 5.96. The van der Waals surface area contributed by atoms with Gasteiger partial charge in [0.05, 0.1) is 18.6 Å². The monoisotopic (exact) mass is 317 g/mol. The average molecular weight is 317 g/mol. The molecule has 1 aromatic rings. The summed E-state index contributed by atoms with van der Waals surface area (Å²) >= 11 is 0. The first-order valence-electron chi connectivity index (χ1n) is 7.06. The molecule has 0 aromatic heterocycles. The van der Waals surface area contributed by atoms with Gasteiger partial charge in [0.1, 0.15) is 0 Å². The minimum atomic E-state index is -4.99. The Hall–Kier alpha value is -1.60. The molecule has 3 atom stereocenters. The van der Waals surface area contributed by atoms with Gasteiger partial charge in [-0.1, -0.05) is 30.3 Å². The first kappa shape index (κ1) is 16.8. The predicted octanol–water partition coefficient (Wildman–Crippen LogP) is 1.86. The van der Waals surface area contributed by atoms with Gasteiger partial charge in [-0.3, -0.25) is 4.79 Å². The number of hydrogen-bond acceptors (Lipinski definition) is 3. The fourth-order valence-electron chi connectivity index (χ4n) is 2.68. The number of nitrogens with one attached hydrogen (secondary N) is 1. The maximum atomic E-state index is 13.3. The molecular weight excluding hydrogens is 299 g/mol. The topological polar surface area (TPSA) is 69.6 Å². The van der Waals surface area contributed by atoms with Crippen molar-refractivity contribution in [2.24, 2.45) is 0 Å². The highest BCUT2D eigenvalue weighted by Gasteiger charge is 2.56. The van der Waals surface area contributed by atoms with Crippen LogP contribution in [-0.2, 0) is 10.4 Å². The Morgan fingerprint density at radius 2 is 1.86 bits per heavy atom. The molecular formula is C15H18F3NO3. The van der Waals surface area contributed by atoms with Gasteiger partial charge >= 0.3 is 6.18 Å². The molecule has 0 saturated heterocycles. The quantitative estimate of drug-likeness (QED) is 0.794. The summed E-state index contributed by atoms with van der Waals surface area (Å²) in [5.41, 5.74) is -3.63. The average Bonchev–Trinajstić information content (AvgIpc) is 2.83. The summed E-state index contributed by atoms with van der Waals surface area (Å²) in [5, 5.41) is 22.1. The molecule has 4 nitrogen and oxygen atoms in total. The van der Waals surface area contributed by atoms with E-state index in [1.807, 2.05) is 0 Å². The van der Waals surface area contributed by atoms with Gasteiger partial charge in [-0.15, -0.1) is 0 Å². The van der Waals surface area contributed by atoms with Crippen LogP contribution in [0.5, 0.6) is 0 Å². The Balaban J connectivity index is 2.15. The molecule has 2 rings (SSSR count). The van der Waals surface area contributed by atoms with Crippen molar-refractivity contribution in [3.63, 3.8) is 0 Å². The molecule has 1 saturated carbocycles. The Bertz CT molecular complexity index is 521. The van der Waals surface area contributed by atoms with Crippen LogP contribution in [0.1, 0.15) is 31.2 Å². The molecule has 1 fully saturated rings. The van der Waals surface area contributed by atoms with Crippen molar-refractivity contribution in [1.29, 1.82) is 0 Å². The van der Waals surface area contributed by atoms with Crippen LogP contribution in [0.25, 0.3) is 0 Å². The number of carbonyl (C=O) groups excluding carboxylic acids is 1. The van der Waals surface area contributed by atoms with Crippen molar-refractivity contribution in [1.82, 2.24) is 5.32 Å². The Morgan fingerprint density at radius 3 is 2.36 bits per heavy atom. The molecule has 0 unspecified atom stereocenters. The summed E-state index contributed by atoms with van der Waals surface area (Å²) in [4.78, 5) is 11.9. The first-order valence-corrected chi connectivity index (χ1v) is 7.06. The van der Waals surface area contributed by atoms with E-state index in [0.717, 1.165) is 12.1 Å². The second-order valence-electron chi connectivity index (χ2n) is 5.57. The van der Waals surface area contributed by atoms with Gasteiger partial charge in [-0.05, 0) is 24.8 Å². The zero-order valence-corrected chi connectivity index (χ0v) is 11.8. The van der Waals surface area contributed by atoms with Gasteiger partial charge in [0, 0.05) is 0 Å². The lowest BCUT2D eigenvalue weighted by Crippen LogP contribution is -2.48. The molecule has 1 aromatic carbocycles. The van der Waals surface area contributed by atoms with E-state index < -0.39 is 36.3 Å². The van der Waals surface area contributed by atoms with E-state index in [2.05, 4.69) is 5.32 Å². The Kier molecular flexibility index (Phi) is 4.77. The van der Waals surface area contributed by atoms with Gasteiger partial charge in [-0.25, -0.2) is 0 Å². The largest absolute Gasteiger partial charge is 0.421 e. The van der Waals surface area contributed by atoms with Gasteiger partial charge in [0.15, 0.2) is 5.60 Å². The lowest BCUT2D eigenvalue weighted by atomic mass is 9.89. The molecule has 0 bridgehead atoms. The zero-order valence-electron chi connectivity index (χ0n) is 11.8. The second kappa shape index (κ2) is 6.26. The minimum absolute atomic E-state index is 0.385. The predicted molar refractivity (Wildman–Crippen MR) is 72.8 cm³/mol. The molecule has 0 radical (unpaired) electrons. The Morgan fingerprint density at radius 1 is 1.23 bits per heavy atom. The molecule has 122 valence electrons. The highest BCUT2D eigenvalue weighted by molar-refractivity contribution is 5.78. The SMILES string of the molecule is O=C(C[C@](O)(c1ccccc1)C(F)(F)F)N[C@@H]1CCC[C@H]1O. The number of rotatable bonds is 4. The van der Waals surface area contributed by atoms with Crippen LogP contribution in [0.4, 0.5) is 13.2 Å². The van der Waals surface area contributed by atoms with Crippen molar-refractivity contribution in [3.8, 4) is 0 Å². The molecule has 0 heterocycles. The summed E-state index contributed by atoms with van der Waals surface area (Å²) in [5.74, 6) is -0.936. The number of aliphatic hydroxyl groups excluding tert-OH is 1. The van der Waals surface area contributed by atoms with Crippen molar-refractivity contribution in [3.05, 3.63) is 35.9 Å². The molecule has 3 N–H and O–H groups in total. The Labute approximate surface area is 126 Å². The third-order valence-corrected chi connectivity index (χ3v) is 3.96. The third-order valence-electron chi connectivity index (χ3n) is 3.96. The smallest absolute Gasteiger partial charge is 0.391 e. The van der Waals surface area contributed by atoms with E-state index in [4.69, 9.17) is 0 Å². The number of benzene rings is 1. The summed E-state index contributed by atoms with van der Waals surface area (Å²) < 4.78 is 39.8. The number of carbonyl (C=O) groups is 1. The van der Waals surface area contributed by atoms with Gasteiger partial charge in [-0.2, -0.15) is 13.2 Å². The number of halogens is 3. The molecule has 7 heteroatoms. The molecule has 1 aliphatic rings. The third kappa shape index (κ3) is 3.41. The van der Waals surface area contributed by atoms with Crippen molar-refractivity contribution in [2.45, 2.75) is 49.6 Å².